The molecule has 1 aliphatic carbocycles. The predicted octanol–water partition coefficient (Wildman–Crippen LogP) is 6.61. The normalized spacial score (nSPS) is 15.1. The standard InChI is InChI=1S/C21H20.C2H6/c1-14-5-9-18(10-6-14)16(3)20-13-21(20)17(4)19-11-7-15(2)8-12-19;1-2/h5-13,20H,3-4H2,1-2H3;1-2H3. The Morgan fingerprint density at radius 1 is 0.739 bits per heavy atom. The highest BCUT2D eigenvalue weighted by molar-refractivity contribution is 5.90. The second-order valence-corrected chi connectivity index (χ2v) is 5.84. The third-order valence-electron chi connectivity index (χ3n) is 4.12. The molecular weight excluding hydrogens is 276 g/mol. The Hall–Kier alpha value is -2.34. The molecule has 0 fully saturated rings. The molecule has 1 atom stereocenters. The zero-order chi connectivity index (χ0) is 17.0. The van der Waals surface area contributed by atoms with Crippen LogP contribution in [0.15, 0.2) is 73.3 Å². The Labute approximate surface area is 140 Å². The average molecular weight is 302 g/mol. The fraction of sp³-hybridized carbons (Fsp3) is 0.217. The van der Waals surface area contributed by atoms with Crippen molar-refractivity contribution in [1.82, 2.24) is 0 Å². The van der Waals surface area contributed by atoms with Crippen molar-refractivity contribution in [3.05, 3.63) is 95.6 Å². The molecule has 0 N–H and O–H groups in total. The molecule has 1 aliphatic rings. The molecule has 0 amide bonds. The summed E-state index contributed by atoms with van der Waals surface area (Å²) in [5, 5.41) is 0. The van der Waals surface area contributed by atoms with Gasteiger partial charge in [0.2, 0.25) is 0 Å². The van der Waals surface area contributed by atoms with E-state index in [1.807, 2.05) is 13.8 Å². The van der Waals surface area contributed by atoms with E-state index in [1.165, 1.54) is 33.4 Å². The molecule has 0 saturated carbocycles. The highest BCUT2D eigenvalue weighted by Gasteiger charge is 2.30. The molecule has 2 aromatic carbocycles. The van der Waals surface area contributed by atoms with Gasteiger partial charge in [-0.2, -0.15) is 0 Å². The Bertz CT molecular complexity index is 725. The molecule has 3 rings (SSSR count). The van der Waals surface area contributed by atoms with E-state index in [9.17, 15) is 0 Å². The molecule has 118 valence electrons. The van der Waals surface area contributed by atoms with Gasteiger partial charge in [-0.25, -0.2) is 0 Å². The maximum absolute atomic E-state index is 4.26. The number of hydrogen-bond donors (Lipinski definition) is 0. The minimum absolute atomic E-state index is 0.349. The quantitative estimate of drug-likeness (QED) is 0.596. The molecule has 0 nitrogen and oxygen atoms in total. The molecular formula is C23H26. The SMILES string of the molecule is C=C(C1=CC1C(=C)c1ccc(C)cc1)c1ccc(C)cc1.CC. The smallest absolute Gasteiger partial charge is 0.0278 e. The van der Waals surface area contributed by atoms with Crippen LogP contribution < -0.4 is 0 Å². The minimum Gasteiger partial charge on any atom is -0.0943 e. The summed E-state index contributed by atoms with van der Waals surface area (Å²) in [7, 11) is 0. The summed E-state index contributed by atoms with van der Waals surface area (Å²) in [6.07, 6.45) is 2.25. The lowest BCUT2D eigenvalue weighted by Crippen LogP contribution is -1.91. The van der Waals surface area contributed by atoms with E-state index in [4.69, 9.17) is 0 Å². The van der Waals surface area contributed by atoms with Gasteiger partial charge in [0.25, 0.3) is 0 Å². The lowest BCUT2D eigenvalue weighted by molar-refractivity contribution is 1.23. The lowest BCUT2D eigenvalue weighted by atomic mass is 9.95. The van der Waals surface area contributed by atoms with Crippen molar-refractivity contribution in [2.24, 2.45) is 5.92 Å². The van der Waals surface area contributed by atoms with Crippen molar-refractivity contribution in [2.45, 2.75) is 27.7 Å². The maximum Gasteiger partial charge on any atom is 0.0278 e. The van der Waals surface area contributed by atoms with Crippen LogP contribution >= 0.6 is 0 Å². The van der Waals surface area contributed by atoms with Crippen LogP contribution in [0.3, 0.4) is 0 Å². The van der Waals surface area contributed by atoms with E-state index in [0.717, 1.165) is 5.57 Å². The zero-order valence-electron chi connectivity index (χ0n) is 14.7. The second kappa shape index (κ2) is 7.28. The highest BCUT2D eigenvalue weighted by Crippen LogP contribution is 2.46. The molecule has 0 heteroatoms. The van der Waals surface area contributed by atoms with Crippen LogP contribution in [0.25, 0.3) is 11.1 Å². The van der Waals surface area contributed by atoms with Crippen LogP contribution in [0, 0.1) is 19.8 Å². The average Bonchev–Trinajstić information content (AvgIpc) is 3.37. The Kier molecular flexibility index (Phi) is 5.39. The van der Waals surface area contributed by atoms with Crippen LogP contribution in [0.2, 0.25) is 0 Å². The summed E-state index contributed by atoms with van der Waals surface area (Å²) in [5.74, 6) is 0.349. The van der Waals surface area contributed by atoms with Gasteiger partial charge >= 0.3 is 0 Å². The zero-order valence-corrected chi connectivity index (χ0v) is 14.7. The fourth-order valence-electron chi connectivity index (χ4n) is 2.58. The third kappa shape index (κ3) is 3.90. The van der Waals surface area contributed by atoms with Gasteiger partial charge in [-0.3, -0.25) is 0 Å². The topological polar surface area (TPSA) is 0 Å². The van der Waals surface area contributed by atoms with E-state index >= 15 is 0 Å². The van der Waals surface area contributed by atoms with Crippen molar-refractivity contribution in [3.8, 4) is 0 Å². The van der Waals surface area contributed by atoms with Gasteiger partial charge in [-0.1, -0.05) is 92.7 Å². The van der Waals surface area contributed by atoms with Gasteiger partial charge in [0.1, 0.15) is 0 Å². The molecule has 0 spiro atoms. The summed E-state index contributed by atoms with van der Waals surface area (Å²) >= 11 is 0. The molecule has 0 saturated heterocycles. The highest BCUT2D eigenvalue weighted by atomic mass is 14.3. The Morgan fingerprint density at radius 2 is 1.17 bits per heavy atom. The molecule has 0 radical (unpaired) electrons. The summed E-state index contributed by atoms with van der Waals surface area (Å²) in [6.45, 7) is 16.7. The molecule has 0 aliphatic heterocycles. The largest absolute Gasteiger partial charge is 0.0943 e. The summed E-state index contributed by atoms with van der Waals surface area (Å²) in [5.41, 5.74) is 8.56. The lowest BCUT2D eigenvalue weighted by Gasteiger charge is -2.09. The van der Waals surface area contributed by atoms with Crippen LogP contribution in [0.5, 0.6) is 0 Å². The molecule has 0 aromatic heterocycles. The minimum atomic E-state index is 0.349. The number of allylic oxidation sites excluding steroid dienone is 4. The fourth-order valence-corrected chi connectivity index (χ4v) is 2.58. The van der Waals surface area contributed by atoms with Gasteiger partial charge in [0, 0.05) is 5.92 Å². The number of benzene rings is 2. The summed E-state index contributed by atoms with van der Waals surface area (Å²) in [4.78, 5) is 0. The first-order valence-corrected chi connectivity index (χ1v) is 8.30. The monoisotopic (exact) mass is 302 g/mol. The van der Waals surface area contributed by atoms with E-state index < -0.39 is 0 Å². The maximum atomic E-state index is 4.26. The summed E-state index contributed by atoms with van der Waals surface area (Å²) in [6, 6.07) is 17.1. The molecule has 2 aromatic rings. The number of rotatable bonds is 4. The van der Waals surface area contributed by atoms with Crippen molar-refractivity contribution in [2.75, 3.05) is 0 Å². The van der Waals surface area contributed by atoms with Gasteiger partial charge in [-0.15, -0.1) is 0 Å². The summed E-state index contributed by atoms with van der Waals surface area (Å²) < 4.78 is 0. The third-order valence-corrected chi connectivity index (χ3v) is 4.12. The number of aryl methyl sites for hydroxylation is 2. The molecule has 0 bridgehead atoms. The van der Waals surface area contributed by atoms with E-state index in [2.05, 4.69) is 81.6 Å². The van der Waals surface area contributed by atoms with E-state index in [0.29, 0.717) is 5.92 Å². The van der Waals surface area contributed by atoms with Gasteiger partial charge < -0.3 is 0 Å². The second-order valence-electron chi connectivity index (χ2n) is 5.84. The first-order valence-electron chi connectivity index (χ1n) is 8.30. The van der Waals surface area contributed by atoms with Crippen LogP contribution in [-0.4, -0.2) is 0 Å². The van der Waals surface area contributed by atoms with Crippen molar-refractivity contribution >= 4 is 11.1 Å². The van der Waals surface area contributed by atoms with Gasteiger partial charge in [0.05, 0.1) is 0 Å². The van der Waals surface area contributed by atoms with E-state index in [1.54, 1.807) is 0 Å². The van der Waals surface area contributed by atoms with Crippen molar-refractivity contribution in [3.63, 3.8) is 0 Å². The first kappa shape index (κ1) is 17.0. The van der Waals surface area contributed by atoms with Gasteiger partial charge in [-0.05, 0) is 41.7 Å². The Balaban J connectivity index is 0.000000924. The molecule has 23 heavy (non-hydrogen) atoms. The van der Waals surface area contributed by atoms with Crippen LogP contribution in [-0.2, 0) is 0 Å². The predicted molar refractivity (Wildman–Crippen MR) is 103 cm³/mol. The Morgan fingerprint density at radius 3 is 1.65 bits per heavy atom. The van der Waals surface area contributed by atoms with Crippen molar-refractivity contribution in [1.29, 1.82) is 0 Å². The van der Waals surface area contributed by atoms with E-state index in [-0.39, 0.29) is 0 Å². The molecule has 1 unspecified atom stereocenters. The van der Waals surface area contributed by atoms with Crippen molar-refractivity contribution < 1.29 is 0 Å². The number of hydrogen-bond acceptors (Lipinski definition) is 0. The van der Waals surface area contributed by atoms with Crippen LogP contribution in [0.4, 0.5) is 0 Å². The van der Waals surface area contributed by atoms with Gasteiger partial charge in [0.15, 0.2) is 0 Å². The van der Waals surface area contributed by atoms with Crippen LogP contribution in [0.1, 0.15) is 36.1 Å². The first-order chi connectivity index (χ1) is 11.1. The molecule has 0 heterocycles.